The summed E-state index contributed by atoms with van der Waals surface area (Å²) in [4.78, 5) is 24.7. The Morgan fingerprint density at radius 2 is 2.16 bits per heavy atom. The van der Waals surface area contributed by atoms with Crippen LogP contribution in [0.4, 0.5) is 10.7 Å². The highest BCUT2D eigenvalue weighted by Gasteiger charge is 2.30. The van der Waals surface area contributed by atoms with Crippen molar-refractivity contribution in [3.63, 3.8) is 0 Å². The second-order valence-corrected chi connectivity index (χ2v) is 6.33. The predicted octanol–water partition coefficient (Wildman–Crippen LogP) is 3.34. The molecular formula is C13H18N2O3S. The molecule has 2 rings (SSSR count). The molecule has 1 aliphatic heterocycles. The molecule has 0 saturated carbocycles. The topological polar surface area (TPSA) is 63.4 Å². The highest BCUT2D eigenvalue weighted by atomic mass is 32.1. The lowest BCUT2D eigenvalue weighted by Gasteiger charge is -2.35. The van der Waals surface area contributed by atoms with Gasteiger partial charge in [-0.1, -0.05) is 13.8 Å². The van der Waals surface area contributed by atoms with E-state index in [9.17, 15) is 14.9 Å². The molecule has 0 aromatic carbocycles. The molecule has 0 aliphatic carbocycles. The summed E-state index contributed by atoms with van der Waals surface area (Å²) in [6, 6.07) is 1.41. The minimum absolute atomic E-state index is 0.0666. The third kappa shape index (κ3) is 2.78. The molecule has 1 aliphatic rings. The third-order valence-electron chi connectivity index (χ3n) is 3.86. The predicted molar refractivity (Wildman–Crippen MR) is 76.1 cm³/mol. The lowest BCUT2D eigenvalue weighted by molar-refractivity contribution is -0.383. The van der Waals surface area contributed by atoms with E-state index in [1.165, 1.54) is 24.3 Å². The first-order valence-electron chi connectivity index (χ1n) is 6.44. The zero-order valence-corrected chi connectivity index (χ0v) is 12.2. The van der Waals surface area contributed by atoms with Crippen molar-refractivity contribution in [3.05, 3.63) is 21.1 Å². The van der Waals surface area contributed by atoms with Gasteiger partial charge in [0, 0.05) is 19.2 Å². The average Bonchev–Trinajstić information content (AvgIpc) is 2.78. The maximum absolute atomic E-state index is 11.4. The van der Waals surface area contributed by atoms with Crippen molar-refractivity contribution in [2.45, 2.75) is 27.2 Å². The van der Waals surface area contributed by atoms with Gasteiger partial charge < -0.3 is 4.90 Å². The van der Waals surface area contributed by atoms with Crippen LogP contribution in [0, 0.1) is 22.0 Å². The number of nitrogens with zero attached hydrogens (tertiary/aromatic N) is 2. The van der Waals surface area contributed by atoms with Gasteiger partial charge in [0.15, 0.2) is 10.8 Å². The van der Waals surface area contributed by atoms with E-state index in [1.54, 1.807) is 0 Å². The quantitative estimate of drug-likeness (QED) is 0.484. The molecule has 6 heteroatoms. The van der Waals surface area contributed by atoms with Crippen molar-refractivity contribution in [3.8, 4) is 0 Å². The van der Waals surface area contributed by atoms with Gasteiger partial charge in [-0.3, -0.25) is 14.9 Å². The number of rotatable bonds is 3. The van der Waals surface area contributed by atoms with Crippen molar-refractivity contribution in [2.75, 3.05) is 18.0 Å². The Morgan fingerprint density at radius 3 is 2.68 bits per heavy atom. The molecule has 19 heavy (non-hydrogen) atoms. The van der Waals surface area contributed by atoms with E-state index in [0.29, 0.717) is 21.7 Å². The van der Waals surface area contributed by atoms with E-state index in [1.807, 2.05) is 0 Å². The smallest absolute Gasteiger partial charge is 0.304 e. The molecule has 2 unspecified atom stereocenters. The van der Waals surface area contributed by atoms with Crippen LogP contribution < -0.4 is 4.90 Å². The van der Waals surface area contributed by atoms with Gasteiger partial charge in [0.2, 0.25) is 0 Å². The van der Waals surface area contributed by atoms with Crippen molar-refractivity contribution in [1.29, 1.82) is 0 Å². The molecule has 0 amide bonds. The van der Waals surface area contributed by atoms with Gasteiger partial charge in [-0.25, -0.2) is 0 Å². The fourth-order valence-electron chi connectivity index (χ4n) is 2.35. The average molecular weight is 282 g/mol. The molecule has 1 aromatic rings. The highest BCUT2D eigenvalue weighted by molar-refractivity contribution is 7.18. The molecule has 104 valence electrons. The van der Waals surface area contributed by atoms with Gasteiger partial charge in [-0.05, 0) is 25.2 Å². The lowest BCUT2D eigenvalue weighted by atomic mass is 9.89. The maximum Gasteiger partial charge on any atom is 0.304 e. The van der Waals surface area contributed by atoms with E-state index in [2.05, 4.69) is 18.7 Å². The number of piperidine rings is 1. The van der Waals surface area contributed by atoms with E-state index in [4.69, 9.17) is 0 Å². The number of carbonyl (C=O) groups excluding carboxylic acids is 1. The molecule has 0 bridgehead atoms. The number of ketones is 1. The Kier molecular flexibility index (Phi) is 3.89. The van der Waals surface area contributed by atoms with Gasteiger partial charge in [0.05, 0.1) is 9.80 Å². The number of carbonyl (C=O) groups is 1. The first-order valence-corrected chi connectivity index (χ1v) is 7.26. The Bertz CT molecular complexity index is 512. The second-order valence-electron chi connectivity index (χ2n) is 5.30. The Balaban J connectivity index is 2.33. The fourth-order valence-corrected chi connectivity index (χ4v) is 3.41. The molecule has 1 saturated heterocycles. The largest absolute Gasteiger partial charge is 0.357 e. The summed E-state index contributed by atoms with van der Waals surface area (Å²) in [6.45, 7) is 7.47. The summed E-state index contributed by atoms with van der Waals surface area (Å²) in [7, 11) is 0. The summed E-state index contributed by atoms with van der Waals surface area (Å²) < 4.78 is 0. The number of anilines is 1. The lowest BCUT2D eigenvalue weighted by Crippen LogP contribution is -2.38. The van der Waals surface area contributed by atoms with Crippen LogP contribution in [0.1, 0.15) is 36.9 Å². The Labute approximate surface area is 116 Å². The molecule has 5 nitrogen and oxygen atoms in total. The number of hydrogen-bond acceptors (Lipinski definition) is 5. The first-order chi connectivity index (χ1) is 8.90. The van der Waals surface area contributed by atoms with Gasteiger partial charge in [0.1, 0.15) is 0 Å². The van der Waals surface area contributed by atoms with E-state index in [-0.39, 0.29) is 16.4 Å². The van der Waals surface area contributed by atoms with Crippen LogP contribution in [0.25, 0.3) is 0 Å². The second kappa shape index (κ2) is 5.28. The Morgan fingerprint density at radius 1 is 1.47 bits per heavy atom. The molecule has 0 spiro atoms. The number of Topliss-reactive ketones (excluding diaryl/α,β-unsaturated/α-hetero) is 1. The standard InChI is InChI=1S/C13H18N2O3S/c1-8-4-5-14(7-9(8)2)13-11(15(17)18)6-12(19-13)10(3)16/h6,8-9H,4-5,7H2,1-3H3. The molecular weight excluding hydrogens is 264 g/mol. The molecule has 2 heterocycles. The van der Waals surface area contributed by atoms with E-state index in [0.717, 1.165) is 19.5 Å². The van der Waals surface area contributed by atoms with Gasteiger partial charge in [0.25, 0.3) is 0 Å². The van der Waals surface area contributed by atoms with E-state index < -0.39 is 0 Å². The molecule has 2 atom stereocenters. The minimum atomic E-state index is -0.388. The summed E-state index contributed by atoms with van der Waals surface area (Å²) in [5, 5.41) is 11.8. The van der Waals surface area contributed by atoms with Crippen LogP contribution in [0.15, 0.2) is 6.07 Å². The molecule has 1 fully saturated rings. The van der Waals surface area contributed by atoms with Crippen molar-refractivity contribution in [1.82, 2.24) is 0 Å². The van der Waals surface area contributed by atoms with Crippen LogP contribution in [-0.2, 0) is 0 Å². The third-order valence-corrected chi connectivity index (χ3v) is 5.14. The van der Waals surface area contributed by atoms with Gasteiger partial charge in [-0.15, -0.1) is 11.3 Å². The molecule has 0 radical (unpaired) electrons. The number of hydrogen-bond donors (Lipinski definition) is 0. The van der Waals surface area contributed by atoms with Crippen molar-refractivity contribution >= 4 is 27.8 Å². The SMILES string of the molecule is CC(=O)c1cc([N+](=O)[O-])c(N2CCC(C)C(C)C2)s1. The zero-order chi connectivity index (χ0) is 14.2. The molecule has 0 N–H and O–H groups in total. The van der Waals surface area contributed by atoms with Crippen LogP contribution in [0.5, 0.6) is 0 Å². The van der Waals surface area contributed by atoms with Gasteiger partial charge in [-0.2, -0.15) is 0 Å². The van der Waals surface area contributed by atoms with Crippen molar-refractivity contribution in [2.24, 2.45) is 11.8 Å². The maximum atomic E-state index is 11.4. The normalized spacial score (nSPS) is 23.4. The summed E-state index contributed by atoms with van der Waals surface area (Å²) >= 11 is 1.24. The minimum Gasteiger partial charge on any atom is -0.357 e. The van der Waals surface area contributed by atoms with Crippen molar-refractivity contribution < 1.29 is 9.72 Å². The highest BCUT2D eigenvalue weighted by Crippen LogP contribution is 2.40. The first kappa shape index (κ1) is 14.0. The summed E-state index contributed by atoms with van der Waals surface area (Å²) in [5.41, 5.74) is 0.0666. The fraction of sp³-hybridized carbons (Fsp3) is 0.615. The number of thiophene rings is 1. The van der Waals surface area contributed by atoms with Crippen LogP contribution >= 0.6 is 11.3 Å². The molecule has 1 aromatic heterocycles. The zero-order valence-electron chi connectivity index (χ0n) is 11.4. The van der Waals surface area contributed by atoms with Crippen LogP contribution in [-0.4, -0.2) is 23.8 Å². The van der Waals surface area contributed by atoms with Crippen LogP contribution in [0.2, 0.25) is 0 Å². The summed E-state index contributed by atoms with van der Waals surface area (Å²) in [6.07, 6.45) is 1.03. The van der Waals surface area contributed by atoms with E-state index >= 15 is 0 Å². The Hall–Kier alpha value is -1.43. The monoisotopic (exact) mass is 282 g/mol. The summed E-state index contributed by atoms with van der Waals surface area (Å²) in [5.74, 6) is 1.04. The number of nitro groups is 1. The van der Waals surface area contributed by atoms with Gasteiger partial charge >= 0.3 is 5.69 Å². The van der Waals surface area contributed by atoms with Crippen LogP contribution in [0.3, 0.4) is 0 Å².